The minimum Gasteiger partial charge on any atom is -0.481 e. The first kappa shape index (κ1) is 13.2. The van der Waals surface area contributed by atoms with E-state index in [2.05, 4.69) is 0 Å². The number of carboxylic acid groups (broad SMARTS) is 1. The molecule has 1 unspecified atom stereocenters. The lowest BCUT2D eigenvalue weighted by Crippen LogP contribution is -2.53. The lowest BCUT2D eigenvalue weighted by Gasteiger charge is -2.40. The SMILES string of the molecule is CC1(C(=O)O)CCCN(C(=O)N2CCCCC2)C1. The Hall–Kier alpha value is -1.26. The first-order chi connectivity index (χ1) is 8.53. The number of carbonyl (C=O) groups is 2. The molecular formula is C13H22N2O3. The van der Waals surface area contributed by atoms with E-state index in [0.717, 1.165) is 32.4 Å². The fraction of sp³-hybridized carbons (Fsp3) is 0.846. The standard InChI is InChI=1S/C13H22N2O3/c1-13(11(16)17)6-5-9-15(10-13)12(18)14-7-3-2-4-8-14/h2-10H2,1H3,(H,16,17). The van der Waals surface area contributed by atoms with Gasteiger partial charge in [-0.3, -0.25) is 4.79 Å². The molecule has 2 amide bonds. The number of hydrogen-bond acceptors (Lipinski definition) is 2. The smallest absolute Gasteiger partial charge is 0.320 e. The zero-order chi connectivity index (χ0) is 13.2. The maximum Gasteiger partial charge on any atom is 0.320 e. The Morgan fingerprint density at radius 2 is 1.61 bits per heavy atom. The average molecular weight is 254 g/mol. The van der Waals surface area contributed by atoms with Crippen molar-refractivity contribution in [2.45, 2.75) is 39.0 Å². The molecule has 5 nitrogen and oxygen atoms in total. The van der Waals surface area contributed by atoms with E-state index in [1.807, 2.05) is 4.90 Å². The normalized spacial score (nSPS) is 29.2. The summed E-state index contributed by atoms with van der Waals surface area (Å²) in [6.45, 7) is 4.42. The van der Waals surface area contributed by atoms with Crippen LogP contribution in [-0.2, 0) is 4.79 Å². The Labute approximate surface area is 108 Å². The van der Waals surface area contributed by atoms with Crippen LogP contribution in [0.4, 0.5) is 4.79 Å². The molecule has 1 atom stereocenters. The van der Waals surface area contributed by atoms with E-state index in [9.17, 15) is 14.7 Å². The van der Waals surface area contributed by atoms with Gasteiger partial charge in [0, 0.05) is 26.2 Å². The third-order valence-corrected chi connectivity index (χ3v) is 4.11. The van der Waals surface area contributed by atoms with Crippen LogP contribution in [0.15, 0.2) is 0 Å². The van der Waals surface area contributed by atoms with E-state index in [4.69, 9.17) is 0 Å². The Balaban J connectivity index is 1.99. The van der Waals surface area contributed by atoms with Gasteiger partial charge in [0.1, 0.15) is 0 Å². The minimum atomic E-state index is -0.793. The summed E-state index contributed by atoms with van der Waals surface area (Å²) in [5.41, 5.74) is -0.774. The molecule has 102 valence electrons. The highest BCUT2D eigenvalue weighted by molar-refractivity contribution is 5.78. The summed E-state index contributed by atoms with van der Waals surface area (Å²) in [4.78, 5) is 27.2. The lowest BCUT2D eigenvalue weighted by molar-refractivity contribution is -0.150. The quantitative estimate of drug-likeness (QED) is 0.776. The monoisotopic (exact) mass is 254 g/mol. The van der Waals surface area contributed by atoms with Crippen molar-refractivity contribution in [1.82, 2.24) is 9.80 Å². The van der Waals surface area contributed by atoms with E-state index in [1.54, 1.807) is 11.8 Å². The predicted molar refractivity (Wildman–Crippen MR) is 67.4 cm³/mol. The highest BCUT2D eigenvalue weighted by atomic mass is 16.4. The van der Waals surface area contributed by atoms with Crippen LogP contribution in [0.3, 0.4) is 0 Å². The fourth-order valence-electron chi connectivity index (χ4n) is 2.86. The van der Waals surface area contributed by atoms with Crippen molar-refractivity contribution in [1.29, 1.82) is 0 Å². The molecule has 0 radical (unpaired) electrons. The van der Waals surface area contributed by atoms with Crippen LogP contribution < -0.4 is 0 Å². The molecule has 5 heteroatoms. The van der Waals surface area contributed by atoms with E-state index < -0.39 is 11.4 Å². The molecule has 0 aromatic heterocycles. The number of carboxylic acids is 1. The van der Waals surface area contributed by atoms with E-state index >= 15 is 0 Å². The first-order valence-corrected chi connectivity index (χ1v) is 6.80. The Morgan fingerprint density at radius 1 is 1.00 bits per heavy atom. The second-order valence-electron chi connectivity index (χ2n) is 5.72. The summed E-state index contributed by atoms with van der Waals surface area (Å²) in [6, 6.07) is 0.0295. The maximum absolute atomic E-state index is 12.3. The molecule has 2 saturated heterocycles. The first-order valence-electron chi connectivity index (χ1n) is 6.80. The van der Waals surface area contributed by atoms with Crippen molar-refractivity contribution in [3.63, 3.8) is 0 Å². The maximum atomic E-state index is 12.3. The summed E-state index contributed by atoms with van der Waals surface area (Å²) in [5, 5.41) is 9.26. The van der Waals surface area contributed by atoms with Crippen molar-refractivity contribution >= 4 is 12.0 Å². The Bertz CT molecular complexity index is 339. The number of aliphatic carboxylic acids is 1. The minimum absolute atomic E-state index is 0.0295. The van der Waals surface area contributed by atoms with Gasteiger partial charge < -0.3 is 14.9 Å². The van der Waals surface area contributed by atoms with Crippen LogP contribution in [0.1, 0.15) is 39.0 Å². The van der Waals surface area contributed by atoms with E-state index in [0.29, 0.717) is 19.5 Å². The summed E-state index contributed by atoms with van der Waals surface area (Å²) < 4.78 is 0. The van der Waals surface area contributed by atoms with Crippen LogP contribution in [0.5, 0.6) is 0 Å². The van der Waals surface area contributed by atoms with Crippen molar-refractivity contribution in [3.8, 4) is 0 Å². The third kappa shape index (κ3) is 2.60. The number of likely N-dealkylation sites (tertiary alicyclic amines) is 2. The summed E-state index contributed by atoms with van der Waals surface area (Å²) >= 11 is 0. The second kappa shape index (κ2) is 5.16. The number of hydrogen-bond donors (Lipinski definition) is 1. The largest absolute Gasteiger partial charge is 0.481 e. The van der Waals surface area contributed by atoms with E-state index in [-0.39, 0.29) is 6.03 Å². The van der Waals surface area contributed by atoms with Crippen LogP contribution in [0, 0.1) is 5.41 Å². The Morgan fingerprint density at radius 3 is 2.22 bits per heavy atom. The summed E-state index contributed by atoms with van der Waals surface area (Å²) in [7, 11) is 0. The van der Waals surface area contributed by atoms with Gasteiger partial charge in [-0.1, -0.05) is 0 Å². The number of urea groups is 1. The molecule has 0 aromatic carbocycles. The molecule has 2 aliphatic heterocycles. The molecule has 0 saturated carbocycles. The Kier molecular flexibility index (Phi) is 3.78. The molecule has 18 heavy (non-hydrogen) atoms. The van der Waals surface area contributed by atoms with Gasteiger partial charge in [0.05, 0.1) is 5.41 Å². The number of amides is 2. The van der Waals surface area contributed by atoms with Crippen molar-refractivity contribution in [3.05, 3.63) is 0 Å². The fourth-order valence-corrected chi connectivity index (χ4v) is 2.86. The second-order valence-corrected chi connectivity index (χ2v) is 5.72. The van der Waals surface area contributed by atoms with Gasteiger partial charge in [0.15, 0.2) is 0 Å². The average Bonchev–Trinajstić information content (AvgIpc) is 2.39. The van der Waals surface area contributed by atoms with Gasteiger partial charge in [0.2, 0.25) is 0 Å². The lowest BCUT2D eigenvalue weighted by atomic mass is 9.82. The van der Waals surface area contributed by atoms with Crippen molar-refractivity contribution < 1.29 is 14.7 Å². The zero-order valence-electron chi connectivity index (χ0n) is 11.0. The van der Waals surface area contributed by atoms with Gasteiger partial charge in [-0.25, -0.2) is 4.79 Å². The molecule has 0 aromatic rings. The highest BCUT2D eigenvalue weighted by Crippen LogP contribution is 2.30. The van der Waals surface area contributed by atoms with Crippen molar-refractivity contribution in [2.24, 2.45) is 5.41 Å². The van der Waals surface area contributed by atoms with Crippen LogP contribution in [-0.4, -0.2) is 53.1 Å². The van der Waals surface area contributed by atoms with Gasteiger partial charge in [0.25, 0.3) is 0 Å². The van der Waals surface area contributed by atoms with Gasteiger partial charge in [-0.15, -0.1) is 0 Å². The number of carbonyl (C=O) groups excluding carboxylic acids is 1. The molecule has 2 heterocycles. The topological polar surface area (TPSA) is 60.9 Å². The van der Waals surface area contributed by atoms with Gasteiger partial charge in [-0.05, 0) is 39.0 Å². The van der Waals surface area contributed by atoms with Gasteiger partial charge >= 0.3 is 12.0 Å². The molecular weight excluding hydrogens is 232 g/mol. The number of rotatable bonds is 1. The van der Waals surface area contributed by atoms with Crippen molar-refractivity contribution in [2.75, 3.05) is 26.2 Å². The van der Waals surface area contributed by atoms with E-state index in [1.165, 1.54) is 6.42 Å². The molecule has 0 spiro atoms. The number of piperidine rings is 2. The van der Waals surface area contributed by atoms with Crippen LogP contribution >= 0.6 is 0 Å². The molecule has 2 fully saturated rings. The van der Waals surface area contributed by atoms with Crippen LogP contribution in [0.25, 0.3) is 0 Å². The molecule has 1 N–H and O–H groups in total. The molecule has 2 rings (SSSR count). The van der Waals surface area contributed by atoms with Gasteiger partial charge in [-0.2, -0.15) is 0 Å². The summed E-state index contributed by atoms with van der Waals surface area (Å²) in [5.74, 6) is -0.793. The molecule has 2 aliphatic rings. The molecule has 0 bridgehead atoms. The third-order valence-electron chi connectivity index (χ3n) is 4.11. The zero-order valence-corrected chi connectivity index (χ0v) is 11.0. The number of nitrogens with zero attached hydrogens (tertiary/aromatic N) is 2. The van der Waals surface area contributed by atoms with Crippen LogP contribution in [0.2, 0.25) is 0 Å². The highest BCUT2D eigenvalue weighted by Gasteiger charge is 2.40. The predicted octanol–water partition coefficient (Wildman–Crippen LogP) is 1.78. The summed E-state index contributed by atoms with van der Waals surface area (Å²) in [6.07, 6.45) is 4.76. The molecule has 0 aliphatic carbocycles.